The predicted octanol–water partition coefficient (Wildman–Crippen LogP) is 2.73. The van der Waals surface area contributed by atoms with Gasteiger partial charge >= 0.3 is 6.03 Å². The van der Waals surface area contributed by atoms with E-state index in [0.717, 1.165) is 11.4 Å². The zero-order valence-electron chi connectivity index (χ0n) is 15.1. The third-order valence-corrected chi connectivity index (χ3v) is 3.85. The Hall–Kier alpha value is -3.00. The van der Waals surface area contributed by atoms with Crippen LogP contribution in [0.5, 0.6) is 0 Å². The van der Waals surface area contributed by atoms with Gasteiger partial charge in [0, 0.05) is 29.4 Å². The first-order valence-electron chi connectivity index (χ1n) is 8.43. The fourth-order valence-electron chi connectivity index (χ4n) is 2.54. The summed E-state index contributed by atoms with van der Waals surface area (Å²) in [5.74, 6) is 0.299. The van der Waals surface area contributed by atoms with E-state index in [2.05, 4.69) is 32.5 Å². The van der Waals surface area contributed by atoms with Crippen molar-refractivity contribution in [3.8, 4) is 0 Å². The van der Waals surface area contributed by atoms with Gasteiger partial charge in [-0.3, -0.25) is 10.3 Å². The summed E-state index contributed by atoms with van der Waals surface area (Å²) >= 11 is 0. The molecular formula is C18H25N7O. The van der Waals surface area contributed by atoms with Crippen molar-refractivity contribution in [1.82, 2.24) is 14.9 Å². The van der Waals surface area contributed by atoms with Crippen LogP contribution in [0.15, 0.2) is 30.6 Å². The standard InChI is InChI=1S/C13H14N6O.C5H11N/c1-8-4-10(2-3-16-8)18-11-7-17-12(19-13(15)20)5-9(11)6-14;1-6-4-2-3-5-6/h2-7,14H,1H3,(H,16,18)(H3,15,17,19,20);2-5H2,1H3. The molecule has 2 amide bonds. The van der Waals surface area contributed by atoms with Gasteiger partial charge in [-0.15, -0.1) is 0 Å². The molecule has 0 aliphatic carbocycles. The maximum Gasteiger partial charge on any atom is 0.317 e. The number of rotatable bonds is 4. The topological polar surface area (TPSA) is 120 Å². The molecule has 2 aromatic heterocycles. The fraction of sp³-hybridized carbons (Fsp3) is 0.333. The molecule has 0 unspecified atom stereocenters. The number of nitrogens with zero attached hydrogens (tertiary/aromatic N) is 3. The summed E-state index contributed by atoms with van der Waals surface area (Å²) < 4.78 is 0. The van der Waals surface area contributed by atoms with Crippen LogP contribution in [0.3, 0.4) is 0 Å². The molecule has 2 aromatic rings. The Balaban J connectivity index is 0.000000342. The highest BCUT2D eigenvalue weighted by atomic mass is 16.2. The molecule has 5 N–H and O–H groups in total. The van der Waals surface area contributed by atoms with Gasteiger partial charge in [-0.1, -0.05) is 0 Å². The van der Waals surface area contributed by atoms with Gasteiger partial charge in [0.2, 0.25) is 0 Å². The van der Waals surface area contributed by atoms with Crippen molar-refractivity contribution >= 4 is 29.4 Å². The molecule has 8 heteroatoms. The Bertz CT molecular complexity index is 757. The minimum absolute atomic E-state index is 0.299. The zero-order valence-corrected chi connectivity index (χ0v) is 15.1. The summed E-state index contributed by atoms with van der Waals surface area (Å²) in [6, 6.07) is 4.56. The van der Waals surface area contributed by atoms with Crippen LogP contribution < -0.4 is 16.4 Å². The number of carbonyl (C=O) groups is 1. The van der Waals surface area contributed by atoms with Crippen molar-refractivity contribution in [3.63, 3.8) is 0 Å². The normalized spacial score (nSPS) is 13.5. The van der Waals surface area contributed by atoms with E-state index in [9.17, 15) is 4.79 Å². The monoisotopic (exact) mass is 355 g/mol. The third kappa shape index (κ3) is 6.14. The maximum absolute atomic E-state index is 10.8. The molecule has 0 radical (unpaired) electrons. The van der Waals surface area contributed by atoms with Gasteiger partial charge in [0.15, 0.2) is 0 Å². The Morgan fingerprint density at radius 1 is 1.31 bits per heavy atom. The fourth-order valence-corrected chi connectivity index (χ4v) is 2.54. The van der Waals surface area contributed by atoms with E-state index >= 15 is 0 Å². The minimum atomic E-state index is -0.695. The van der Waals surface area contributed by atoms with Gasteiger partial charge in [0.05, 0.1) is 11.9 Å². The van der Waals surface area contributed by atoms with Gasteiger partial charge in [-0.2, -0.15) is 0 Å². The number of pyridine rings is 2. The number of carbonyl (C=O) groups excluding carboxylic acids is 1. The van der Waals surface area contributed by atoms with Crippen molar-refractivity contribution in [1.29, 1.82) is 5.41 Å². The molecule has 8 nitrogen and oxygen atoms in total. The molecule has 0 bridgehead atoms. The molecular weight excluding hydrogens is 330 g/mol. The molecule has 0 spiro atoms. The molecule has 1 fully saturated rings. The lowest BCUT2D eigenvalue weighted by molar-refractivity contribution is 0.259. The van der Waals surface area contributed by atoms with Crippen LogP contribution in [-0.2, 0) is 0 Å². The van der Waals surface area contributed by atoms with Crippen molar-refractivity contribution < 1.29 is 4.79 Å². The second kappa shape index (κ2) is 9.47. The smallest absolute Gasteiger partial charge is 0.317 e. The van der Waals surface area contributed by atoms with Crippen molar-refractivity contribution in [2.24, 2.45) is 5.73 Å². The molecule has 138 valence electrons. The molecule has 26 heavy (non-hydrogen) atoms. The van der Waals surface area contributed by atoms with Crippen LogP contribution in [0.2, 0.25) is 0 Å². The first-order chi connectivity index (χ1) is 12.5. The predicted molar refractivity (Wildman–Crippen MR) is 104 cm³/mol. The molecule has 0 saturated carbocycles. The van der Waals surface area contributed by atoms with E-state index in [1.165, 1.54) is 38.3 Å². The molecule has 3 heterocycles. The lowest BCUT2D eigenvalue weighted by Gasteiger charge is -2.10. The van der Waals surface area contributed by atoms with Crippen LogP contribution in [0.1, 0.15) is 24.1 Å². The molecule has 1 aliphatic heterocycles. The number of nitrogens with two attached hydrogens (primary N) is 1. The lowest BCUT2D eigenvalue weighted by atomic mass is 10.2. The summed E-state index contributed by atoms with van der Waals surface area (Å²) in [6.07, 6.45) is 7.22. The highest BCUT2D eigenvalue weighted by Crippen LogP contribution is 2.21. The second-order valence-electron chi connectivity index (χ2n) is 6.11. The van der Waals surface area contributed by atoms with Crippen LogP contribution in [0.25, 0.3) is 0 Å². The van der Waals surface area contributed by atoms with E-state index < -0.39 is 6.03 Å². The second-order valence-corrected chi connectivity index (χ2v) is 6.11. The summed E-state index contributed by atoms with van der Waals surface area (Å²) in [7, 11) is 2.17. The van der Waals surface area contributed by atoms with Gasteiger partial charge in [0.1, 0.15) is 5.82 Å². The summed E-state index contributed by atoms with van der Waals surface area (Å²) in [4.78, 5) is 21.3. The number of likely N-dealkylation sites (tertiary alicyclic amines) is 1. The largest absolute Gasteiger partial charge is 0.354 e. The Kier molecular flexibility index (Phi) is 7.04. The first kappa shape index (κ1) is 19.3. The van der Waals surface area contributed by atoms with Gasteiger partial charge < -0.3 is 21.4 Å². The number of amides is 2. The molecule has 0 atom stereocenters. The van der Waals surface area contributed by atoms with E-state index in [1.54, 1.807) is 12.3 Å². The maximum atomic E-state index is 10.8. The van der Waals surface area contributed by atoms with E-state index in [0.29, 0.717) is 17.1 Å². The number of hydrogen-bond donors (Lipinski definition) is 4. The molecule has 1 aliphatic rings. The van der Waals surface area contributed by atoms with Crippen LogP contribution in [0, 0.1) is 12.3 Å². The van der Waals surface area contributed by atoms with Crippen molar-refractivity contribution in [2.45, 2.75) is 19.8 Å². The number of aryl methyl sites for hydroxylation is 1. The minimum Gasteiger partial charge on any atom is -0.354 e. The zero-order chi connectivity index (χ0) is 18.9. The number of aromatic nitrogens is 2. The SMILES string of the molecule is CN1CCCC1.Cc1cc(Nc2cnc(NC(N)=O)cc2C=N)ccn1. The highest BCUT2D eigenvalue weighted by Gasteiger charge is 2.06. The van der Waals surface area contributed by atoms with Crippen molar-refractivity contribution in [3.05, 3.63) is 41.9 Å². The van der Waals surface area contributed by atoms with E-state index in [-0.39, 0.29) is 0 Å². The number of hydrogen-bond acceptors (Lipinski definition) is 6. The summed E-state index contributed by atoms with van der Waals surface area (Å²) in [5.41, 5.74) is 7.99. The lowest BCUT2D eigenvalue weighted by Crippen LogP contribution is -2.20. The van der Waals surface area contributed by atoms with Crippen LogP contribution in [-0.4, -0.2) is 47.3 Å². The highest BCUT2D eigenvalue weighted by molar-refractivity contribution is 5.91. The van der Waals surface area contributed by atoms with E-state index in [1.807, 2.05) is 19.1 Å². The molecule has 1 saturated heterocycles. The number of nitrogens with one attached hydrogen (secondary N) is 3. The Morgan fingerprint density at radius 2 is 2.04 bits per heavy atom. The quantitative estimate of drug-likeness (QED) is 0.629. The number of urea groups is 1. The molecule has 0 aromatic carbocycles. The summed E-state index contributed by atoms with van der Waals surface area (Å²) in [6.45, 7) is 4.53. The van der Waals surface area contributed by atoms with Gasteiger partial charge in [0.25, 0.3) is 0 Å². The average molecular weight is 355 g/mol. The Morgan fingerprint density at radius 3 is 2.58 bits per heavy atom. The van der Waals surface area contributed by atoms with E-state index in [4.69, 9.17) is 11.1 Å². The van der Waals surface area contributed by atoms with Crippen LogP contribution >= 0.6 is 0 Å². The first-order valence-corrected chi connectivity index (χ1v) is 8.43. The third-order valence-electron chi connectivity index (χ3n) is 3.85. The average Bonchev–Trinajstić information content (AvgIpc) is 3.07. The van der Waals surface area contributed by atoms with Gasteiger partial charge in [-0.25, -0.2) is 9.78 Å². The number of primary amides is 1. The van der Waals surface area contributed by atoms with Gasteiger partial charge in [-0.05, 0) is 58.1 Å². The van der Waals surface area contributed by atoms with Crippen molar-refractivity contribution in [2.75, 3.05) is 30.8 Å². The Labute approximate surface area is 153 Å². The molecule has 3 rings (SSSR count). The summed E-state index contributed by atoms with van der Waals surface area (Å²) in [5, 5.41) is 12.9. The van der Waals surface area contributed by atoms with Crippen LogP contribution in [0.4, 0.5) is 22.0 Å². The number of anilines is 3.